The molecule has 0 aromatic heterocycles. The fourth-order valence-corrected chi connectivity index (χ4v) is 1.75. The van der Waals surface area contributed by atoms with E-state index >= 15 is 0 Å². The van der Waals surface area contributed by atoms with E-state index in [2.05, 4.69) is 21.2 Å². The summed E-state index contributed by atoms with van der Waals surface area (Å²) in [6, 6.07) is 5.51. The van der Waals surface area contributed by atoms with Gasteiger partial charge in [-0.25, -0.2) is 4.39 Å². The van der Waals surface area contributed by atoms with Gasteiger partial charge in [-0.15, -0.1) is 0 Å². The zero-order chi connectivity index (χ0) is 16.2. The number of allylic oxidation sites excluding steroid dienone is 2. The zero-order valence-corrected chi connectivity index (χ0v) is 11.5. The molecule has 0 aliphatic carbocycles. The molecule has 1 rings (SSSR count). The molecule has 21 heavy (non-hydrogen) atoms. The Morgan fingerprint density at radius 1 is 1.10 bits per heavy atom. The zero-order valence-electron chi connectivity index (χ0n) is 9.89. The van der Waals surface area contributed by atoms with Crippen molar-refractivity contribution in [2.24, 2.45) is 0 Å². The lowest BCUT2D eigenvalue weighted by Gasteiger charge is -2.13. The molecule has 0 saturated carbocycles. The molecule has 0 saturated heterocycles. The van der Waals surface area contributed by atoms with Crippen molar-refractivity contribution in [2.45, 2.75) is 6.18 Å². The number of rotatable bonds is 2. The largest absolute Gasteiger partial charge is 0.417 e. The number of nitrogens with zero attached hydrogens (tertiary/aromatic N) is 3. The standard InChI is InChI=1S/C12H3BrF4N4/c13-11-8(12(15,16)17)1-7(2-9(11)14)21-10(5-20)6(3-18)4-19/h1-2,21H. The molecule has 0 radical (unpaired) electrons. The summed E-state index contributed by atoms with van der Waals surface area (Å²) >= 11 is 2.49. The van der Waals surface area contributed by atoms with Crippen LogP contribution in [-0.4, -0.2) is 0 Å². The summed E-state index contributed by atoms with van der Waals surface area (Å²) in [5.74, 6) is -1.21. The Labute approximate surface area is 124 Å². The van der Waals surface area contributed by atoms with Gasteiger partial charge in [0.25, 0.3) is 0 Å². The molecule has 0 heterocycles. The van der Waals surface area contributed by atoms with Gasteiger partial charge >= 0.3 is 6.18 Å². The van der Waals surface area contributed by atoms with Gasteiger partial charge in [0.2, 0.25) is 0 Å². The van der Waals surface area contributed by atoms with Crippen molar-refractivity contribution < 1.29 is 17.6 Å². The van der Waals surface area contributed by atoms with Crippen LogP contribution in [0.3, 0.4) is 0 Å². The predicted molar refractivity (Wildman–Crippen MR) is 66.6 cm³/mol. The van der Waals surface area contributed by atoms with E-state index in [4.69, 9.17) is 15.8 Å². The SMILES string of the molecule is N#CC(C#N)=C(C#N)Nc1cc(F)c(Br)c(C(F)(F)F)c1. The second kappa shape index (κ2) is 6.25. The molecule has 106 valence electrons. The van der Waals surface area contributed by atoms with Crippen LogP contribution in [0.25, 0.3) is 0 Å². The number of hydrogen-bond donors (Lipinski definition) is 1. The Morgan fingerprint density at radius 2 is 1.67 bits per heavy atom. The average Bonchev–Trinajstić information content (AvgIpc) is 2.41. The molecular weight excluding hydrogens is 356 g/mol. The lowest BCUT2D eigenvalue weighted by atomic mass is 10.1. The molecule has 0 aliphatic heterocycles. The van der Waals surface area contributed by atoms with E-state index in [9.17, 15) is 17.6 Å². The summed E-state index contributed by atoms with van der Waals surface area (Å²) in [6.45, 7) is 0. The Bertz CT molecular complexity index is 716. The first-order valence-corrected chi connectivity index (χ1v) is 5.81. The molecule has 0 unspecified atom stereocenters. The van der Waals surface area contributed by atoms with Crippen molar-refractivity contribution in [3.63, 3.8) is 0 Å². The summed E-state index contributed by atoms with van der Waals surface area (Å²) in [4.78, 5) is 0. The Morgan fingerprint density at radius 3 is 2.10 bits per heavy atom. The van der Waals surface area contributed by atoms with Crippen molar-refractivity contribution in [3.05, 3.63) is 39.3 Å². The number of alkyl halides is 3. The molecule has 0 bridgehead atoms. The molecule has 0 fully saturated rings. The number of hydrogen-bond acceptors (Lipinski definition) is 4. The molecule has 0 spiro atoms. The minimum Gasteiger partial charge on any atom is -0.345 e. The maximum atomic E-state index is 13.5. The van der Waals surface area contributed by atoms with Gasteiger partial charge in [-0.1, -0.05) is 0 Å². The van der Waals surface area contributed by atoms with Crippen molar-refractivity contribution >= 4 is 21.6 Å². The molecule has 9 heteroatoms. The normalized spacial score (nSPS) is 10.0. The van der Waals surface area contributed by atoms with E-state index in [1.54, 1.807) is 0 Å². The maximum absolute atomic E-state index is 13.5. The van der Waals surface area contributed by atoms with Crippen LogP contribution in [-0.2, 0) is 6.18 Å². The van der Waals surface area contributed by atoms with Gasteiger partial charge in [0.05, 0.1) is 10.0 Å². The predicted octanol–water partition coefficient (Wildman–Crippen LogP) is 3.84. The monoisotopic (exact) mass is 358 g/mol. The topological polar surface area (TPSA) is 83.4 Å². The number of nitrogens with one attached hydrogen (secondary N) is 1. The average molecular weight is 359 g/mol. The van der Waals surface area contributed by atoms with E-state index in [1.165, 1.54) is 18.2 Å². The smallest absolute Gasteiger partial charge is 0.345 e. The van der Waals surface area contributed by atoms with Crippen LogP contribution in [0.1, 0.15) is 5.56 Å². The third kappa shape index (κ3) is 3.71. The van der Waals surface area contributed by atoms with Gasteiger partial charge in [-0.2, -0.15) is 29.0 Å². The van der Waals surface area contributed by atoms with Crippen LogP contribution >= 0.6 is 15.9 Å². The van der Waals surface area contributed by atoms with Crippen LogP contribution in [0.5, 0.6) is 0 Å². The second-order valence-electron chi connectivity index (χ2n) is 3.53. The summed E-state index contributed by atoms with van der Waals surface area (Å²) in [5.41, 5.74) is -2.91. The lowest BCUT2D eigenvalue weighted by molar-refractivity contribution is -0.138. The van der Waals surface area contributed by atoms with E-state index in [1.807, 2.05) is 0 Å². The summed E-state index contributed by atoms with van der Waals surface area (Å²) in [6.07, 6.45) is -4.82. The van der Waals surface area contributed by atoms with Crippen molar-refractivity contribution in [1.82, 2.24) is 0 Å². The van der Waals surface area contributed by atoms with Crippen molar-refractivity contribution in [1.29, 1.82) is 15.8 Å². The van der Waals surface area contributed by atoms with Crippen LogP contribution in [0.15, 0.2) is 27.9 Å². The van der Waals surface area contributed by atoms with Gasteiger partial charge in [0, 0.05) is 5.69 Å². The van der Waals surface area contributed by atoms with Gasteiger partial charge in [0.15, 0.2) is 5.57 Å². The highest BCUT2D eigenvalue weighted by molar-refractivity contribution is 9.10. The minimum atomic E-state index is -4.82. The quantitative estimate of drug-likeness (QED) is 0.642. The molecular formula is C12H3BrF4N4. The van der Waals surface area contributed by atoms with Crippen LogP contribution < -0.4 is 5.32 Å². The highest BCUT2D eigenvalue weighted by atomic mass is 79.9. The Kier molecular flexibility index (Phi) is 4.91. The highest BCUT2D eigenvalue weighted by Gasteiger charge is 2.34. The number of halogens is 5. The van der Waals surface area contributed by atoms with Crippen molar-refractivity contribution in [3.8, 4) is 18.2 Å². The molecule has 0 aliphatic rings. The van der Waals surface area contributed by atoms with E-state index in [0.717, 1.165) is 0 Å². The summed E-state index contributed by atoms with van der Waals surface area (Å²) < 4.78 is 50.8. The van der Waals surface area contributed by atoms with E-state index < -0.39 is 39.0 Å². The molecule has 1 aromatic carbocycles. The van der Waals surface area contributed by atoms with Crippen LogP contribution in [0, 0.1) is 39.8 Å². The molecule has 1 aromatic rings. The van der Waals surface area contributed by atoms with E-state index in [-0.39, 0.29) is 0 Å². The first-order valence-electron chi connectivity index (χ1n) is 5.02. The van der Waals surface area contributed by atoms with Gasteiger partial charge in [-0.3, -0.25) is 0 Å². The van der Waals surface area contributed by atoms with Gasteiger partial charge in [-0.05, 0) is 28.1 Å². The number of anilines is 1. The van der Waals surface area contributed by atoms with Crippen LogP contribution in [0.2, 0.25) is 0 Å². The molecule has 0 amide bonds. The second-order valence-corrected chi connectivity index (χ2v) is 4.32. The lowest BCUT2D eigenvalue weighted by Crippen LogP contribution is -2.09. The first kappa shape index (κ1) is 16.5. The van der Waals surface area contributed by atoms with Gasteiger partial charge < -0.3 is 5.32 Å². The fourth-order valence-electron chi connectivity index (χ4n) is 1.30. The third-order valence-corrected chi connectivity index (χ3v) is 2.99. The molecule has 4 nitrogen and oxygen atoms in total. The van der Waals surface area contributed by atoms with Gasteiger partial charge in [0.1, 0.15) is 29.7 Å². The third-order valence-electron chi connectivity index (χ3n) is 2.19. The first-order chi connectivity index (χ1) is 9.74. The van der Waals surface area contributed by atoms with Crippen molar-refractivity contribution in [2.75, 3.05) is 5.32 Å². The summed E-state index contributed by atoms with van der Waals surface area (Å²) in [5, 5.41) is 28.1. The summed E-state index contributed by atoms with van der Waals surface area (Å²) in [7, 11) is 0. The highest BCUT2D eigenvalue weighted by Crippen LogP contribution is 2.38. The Balaban J connectivity index is 3.40. The maximum Gasteiger partial charge on any atom is 0.417 e. The minimum absolute atomic E-state index is 0.414. The van der Waals surface area contributed by atoms with E-state index in [0.29, 0.717) is 12.1 Å². The Hall–Kier alpha value is -2.57. The molecule has 0 atom stereocenters. The fraction of sp³-hybridized carbons (Fsp3) is 0.0833. The van der Waals surface area contributed by atoms with Crippen LogP contribution in [0.4, 0.5) is 23.2 Å². The molecule has 1 N–H and O–H groups in total. The number of benzene rings is 1. The number of nitriles is 3.